The van der Waals surface area contributed by atoms with Crippen LogP contribution in [0.2, 0.25) is 0 Å². The molecular formula is C21H24F3NO4. The summed E-state index contributed by atoms with van der Waals surface area (Å²) in [7, 11) is 0. The minimum absolute atomic E-state index is 0.275. The molecule has 2 aliphatic rings. The maximum atomic E-state index is 10.6. The standard InChI is InChI=1S/C19H23NO2.C2HF3O2/c21-11-10-20-8-6-19(7-9-20)5-3-16-13-15(1-2-18(16)19)17-4-12-22-14-17;3-2(4,5)1(6)7/h1-2,4,12-14,21H,3,5-11H2;(H,6,7). The van der Waals surface area contributed by atoms with Gasteiger partial charge in [0.15, 0.2) is 0 Å². The Kier molecular flexibility index (Phi) is 6.33. The van der Waals surface area contributed by atoms with Gasteiger partial charge in [-0.25, -0.2) is 4.79 Å². The Labute approximate surface area is 166 Å². The van der Waals surface area contributed by atoms with Crippen molar-refractivity contribution in [1.82, 2.24) is 4.90 Å². The molecule has 1 saturated heterocycles. The summed E-state index contributed by atoms with van der Waals surface area (Å²) in [6.45, 7) is 3.33. The maximum absolute atomic E-state index is 10.6. The number of carboxylic acids is 1. The van der Waals surface area contributed by atoms with E-state index in [0.717, 1.165) is 19.6 Å². The third-order valence-corrected chi connectivity index (χ3v) is 5.88. The van der Waals surface area contributed by atoms with Crippen molar-refractivity contribution in [3.63, 3.8) is 0 Å². The zero-order valence-corrected chi connectivity index (χ0v) is 15.9. The molecule has 5 nitrogen and oxygen atoms in total. The number of hydrogen-bond acceptors (Lipinski definition) is 4. The van der Waals surface area contributed by atoms with E-state index in [1.54, 1.807) is 11.8 Å². The van der Waals surface area contributed by atoms with E-state index < -0.39 is 12.1 Å². The predicted molar refractivity (Wildman–Crippen MR) is 101 cm³/mol. The lowest BCUT2D eigenvalue weighted by atomic mass is 9.73. The van der Waals surface area contributed by atoms with E-state index in [-0.39, 0.29) is 6.61 Å². The molecule has 29 heavy (non-hydrogen) atoms. The molecule has 0 radical (unpaired) electrons. The number of aliphatic hydroxyl groups is 1. The van der Waals surface area contributed by atoms with Crippen molar-refractivity contribution in [3.05, 3.63) is 47.9 Å². The number of alkyl halides is 3. The summed E-state index contributed by atoms with van der Waals surface area (Å²) in [6.07, 6.45) is 3.40. The Bertz CT molecular complexity index is 825. The van der Waals surface area contributed by atoms with Crippen molar-refractivity contribution < 1.29 is 32.6 Å². The highest BCUT2D eigenvalue weighted by molar-refractivity contribution is 5.73. The zero-order chi connectivity index (χ0) is 21.1. The van der Waals surface area contributed by atoms with Crippen LogP contribution in [0, 0.1) is 0 Å². The first-order valence-electron chi connectivity index (χ1n) is 9.54. The van der Waals surface area contributed by atoms with E-state index in [4.69, 9.17) is 19.4 Å². The number of piperidine rings is 1. The minimum atomic E-state index is -5.08. The number of aliphatic carboxylic acids is 1. The van der Waals surface area contributed by atoms with Gasteiger partial charge in [-0.2, -0.15) is 13.2 Å². The van der Waals surface area contributed by atoms with Crippen molar-refractivity contribution >= 4 is 5.97 Å². The number of aryl methyl sites for hydroxylation is 1. The molecule has 1 aromatic carbocycles. The third-order valence-electron chi connectivity index (χ3n) is 5.88. The third kappa shape index (κ3) is 4.82. The Morgan fingerprint density at radius 3 is 2.38 bits per heavy atom. The molecule has 2 aromatic rings. The number of carbonyl (C=O) groups is 1. The summed E-state index contributed by atoms with van der Waals surface area (Å²) in [4.78, 5) is 11.3. The van der Waals surface area contributed by atoms with Crippen molar-refractivity contribution in [1.29, 1.82) is 0 Å². The summed E-state index contributed by atoms with van der Waals surface area (Å²) < 4.78 is 36.9. The van der Waals surface area contributed by atoms with Crippen LogP contribution in [0.25, 0.3) is 11.1 Å². The van der Waals surface area contributed by atoms with Crippen molar-refractivity contribution in [2.24, 2.45) is 0 Å². The molecule has 1 spiro atoms. The number of rotatable bonds is 3. The molecule has 158 valence electrons. The molecule has 0 bridgehead atoms. The second-order valence-electron chi connectivity index (χ2n) is 7.53. The van der Waals surface area contributed by atoms with Crippen LogP contribution in [-0.2, 0) is 16.6 Å². The maximum Gasteiger partial charge on any atom is 0.490 e. The van der Waals surface area contributed by atoms with Gasteiger partial charge in [-0.1, -0.05) is 18.2 Å². The number of β-amino-alcohol motifs (C(OH)–C–C–N with tert-alkyl or cyclic N) is 1. The first-order valence-corrected chi connectivity index (χ1v) is 9.54. The highest BCUT2D eigenvalue weighted by Gasteiger charge is 2.41. The van der Waals surface area contributed by atoms with Crippen LogP contribution in [-0.4, -0.2) is 53.5 Å². The first kappa shape index (κ1) is 21.4. The molecule has 0 unspecified atom stereocenters. The van der Waals surface area contributed by atoms with Crippen LogP contribution >= 0.6 is 0 Å². The molecule has 1 fully saturated rings. The predicted octanol–water partition coefficient (Wildman–Crippen LogP) is 3.85. The summed E-state index contributed by atoms with van der Waals surface area (Å²) >= 11 is 0. The average molecular weight is 411 g/mol. The SMILES string of the molecule is O=C(O)C(F)(F)F.OCCN1CCC2(CCc3cc(-c4ccoc4)ccc32)CC1. The average Bonchev–Trinajstić information content (AvgIpc) is 3.33. The molecule has 0 atom stereocenters. The number of nitrogens with zero attached hydrogens (tertiary/aromatic N) is 1. The van der Waals surface area contributed by atoms with Gasteiger partial charge >= 0.3 is 12.1 Å². The van der Waals surface area contributed by atoms with Gasteiger partial charge in [-0.15, -0.1) is 0 Å². The van der Waals surface area contributed by atoms with E-state index >= 15 is 0 Å². The van der Waals surface area contributed by atoms with Crippen LogP contribution in [0.1, 0.15) is 30.4 Å². The fraction of sp³-hybridized carbons (Fsp3) is 0.476. The zero-order valence-electron chi connectivity index (χ0n) is 15.9. The fourth-order valence-electron chi connectivity index (χ4n) is 4.30. The summed E-state index contributed by atoms with van der Waals surface area (Å²) in [5.74, 6) is -2.76. The molecule has 4 rings (SSSR count). The van der Waals surface area contributed by atoms with E-state index in [2.05, 4.69) is 23.1 Å². The molecule has 2 N–H and O–H groups in total. The minimum Gasteiger partial charge on any atom is -0.475 e. The molecule has 0 saturated carbocycles. The van der Waals surface area contributed by atoms with Gasteiger partial charge in [0.1, 0.15) is 0 Å². The molecule has 1 aliphatic carbocycles. The lowest BCUT2D eigenvalue weighted by Crippen LogP contribution is -2.42. The van der Waals surface area contributed by atoms with Crippen LogP contribution in [0.4, 0.5) is 13.2 Å². The summed E-state index contributed by atoms with van der Waals surface area (Å²) in [5, 5.41) is 16.2. The van der Waals surface area contributed by atoms with E-state index in [1.807, 2.05) is 12.3 Å². The van der Waals surface area contributed by atoms with Crippen molar-refractivity contribution in [2.45, 2.75) is 37.3 Å². The van der Waals surface area contributed by atoms with E-state index in [1.165, 1.54) is 42.4 Å². The molecule has 1 aliphatic heterocycles. The summed E-state index contributed by atoms with van der Waals surface area (Å²) in [5.41, 5.74) is 5.91. The number of carboxylic acid groups (broad SMARTS) is 1. The van der Waals surface area contributed by atoms with Gasteiger partial charge in [-0.3, -0.25) is 0 Å². The molecule has 2 heterocycles. The lowest BCUT2D eigenvalue weighted by Gasteiger charge is -2.40. The van der Waals surface area contributed by atoms with Gasteiger partial charge in [0.25, 0.3) is 0 Å². The first-order chi connectivity index (χ1) is 13.7. The quantitative estimate of drug-likeness (QED) is 0.803. The van der Waals surface area contributed by atoms with E-state index in [0.29, 0.717) is 5.41 Å². The lowest BCUT2D eigenvalue weighted by molar-refractivity contribution is -0.192. The van der Waals surface area contributed by atoms with Gasteiger partial charge in [-0.05, 0) is 66.9 Å². The van der Waals surface area contributed by atoms with Crippen LogP contribution in [0.3, 0.4) is 0 Å². The van der Waals surface area contributed by atoms with E-state index in [9.17, 15) is 13.2 Å². The molecular weight excluding hydrogens is 387 g/mol. The Morgan fingerprint density at radius 2 is 1.83 bits per heavy atom. The highest BCUT2D eigenvalue weighted by Crippen LogP contribution is 2.47. The largest absolute Gasteiger partial charge is 0.490 e. The topological polar surface area (TPSA) is 73.9 Å². The van der Waals surface area contributed by atoms with Gasteiger partial charge in [0, 0.05) is 12.1 Å². The molecule has 0 amide bonds. The fourth-order valence-corrected chi connectivity index (χ4v) is 4.30. The number of halogens is 3. The van der Waals surface area contributed by atoms with Crippen LogP contribution < -0.4 is 0 Å². The summed E-state index contributed by atoms with van der Waals surface area (Å²) in [6, 6.07) is 8.98. The molecule has 8 heteroatoms. The number of hydrogen-bond donors (Lipinski definition) is 2. The van der Waals surface area contributed by atoms with Crippen molar-refractivity contribution in [2.75, 3.05) is 26.2 Å². The monoisotopic (exact) mass is 411 g/mol. The van der Waals surface area contributed by atoms with Gasteiger partial charge in [0.2, 0.25) is 0 Å². The van der Waals surface area contributed by atoms with Gasteiger partial charge < -0.3 is 19.5 Å². The Hall–Kier alpha value is -2.32. The highest BCUT2D eigenvalue weighted by atomic mass is 19.4. The Balaban J connectivity index is 0.000000298. The Morgan fingerprint density at radius 1 is 1.14 bits per heavy atom. The number of aliphatic hydroxyl groups excluding tert-OH is 1. The van der Waals surface area contributed by atoms with Gasteiger partial charge in [0.05, 0.1) is 19.1 Å². The number of furan rings is 1. The van der Waals surface area contributed by atoms with Crippen molar-refractivity contribution in [3.8, 4) is 11.1 Å². The molecule has 1 aromatic heterocycles. The second kappa shape index (κ2) is 8.59. The normalized spacial score (nSPS) is 18.2. The van der Waals surface area contributed by atoms with Crippen LogP contribution in [0.15, 0.2) is 41.2 Å². The number of likely N-dealkylation sites (tertiary alicyclic amines) is 1. The number of fused-ring (bicyclic) bond motifs is 2. The number of benzene rings is 1. The second-order valence-corrected chi connectivity index (χ2v) is 7.53. The smallest absolute Gasteiger partial charge is 0.475 e. The van der Waals surface area contributed by atoms with Crippen LogP contribution in [0.5, 0.6) is 0 Å².